The second-order valence-electron chi connectivity index (χ2n) is 7.44. The highest BCUT2D eigenvalue weighted by atomic mass is 35.5. The molecule has 1 aliphatic heterocycles. The van der Waals surface area contributed by atoms with Gasteiger partial charge in [-0.05, 0) is 42.5 Å². The van der Waals surface area contributed by atoms with Gasteiger partial charge in [-0.2, -0.15) is 0 Å². The third-order valence-electron chi connectivity index (χ3n) is 5.50. The highest BCUT2D eigenvalue weighted by molar-refractivity contribution is 6.42. The summed E-state index contributed by atoms with van der Waals surface area (Å²) in [6, 6.07) is 14.6. The van der Waals surface area contributed by atoms with Gasteiger partial charge in [0.1, 0.15) is 5.75 Å². The van der Waals surface area contributed by atoms with Gasteiger partial charge in [0.05, 0.1) is 10.0 Å². The minimum absolute atomic E-state index is 0.0613. The molecule has 0 aromatic heterocycles. The maximum atomic E-state index is 13.0. The van der Waals surface area contributed by atoms with Crippen LogP contribution in [-0.2, 0) is 4.79 Å². The summed E-state index contributed by atoms with van der Waals surface area (Å²) in [5.74, 6) is 0.711. The molecule has 1 aliphatic carbocycles. The second-order valence-corrected chi connectivity index (χ2v) is 8.22. The summed E-state index contributed by atoms with van der Waals surface area (Å²) >= 11 is 12.4. The molecule has 4 rings (SSSR count). The smallest absolute Gasteiger partial charge is 0.410 e. The Morgan fingerprint density at radius 3 is 2.41 bits per heavy atom. The Kier molecular flexibility index (Phi) is 5.97. The Balaban J connectivity index is 1.33. The van der Waals surface area contributed by atoms with E-state index in [0.29, 0.717) is 42.0 Å². The molecular weight excluding hydrogens is 411 g/mol. The van der Waals surface area contributed by atoms with Crippen LogP contribution in [-0.4, -0.2) is 48.0 Å². The summed E-state index contributed by atoms with van der Waals surface area (Å²) in [5, 5.41) is 1.06. The molecule has 29 heavy (non-hydrogen) atoms. The number of rotatable bonds is 3. The molecular formula is C22H22Cl2N2O3. The first kappa shape index (κ1) is 20.0. The van der Waals surface area contributed by atoms with Crippen LogP contribution in [0.25, 0.3) is 0 Å². The fourth-order valence-corrected chi connectivity index (χ4v) is 4.28. The van der Waals surface area contributed by atoms with Gasteiger partial charge in [0.25, 0.3) is 0 Å². The summed E-state index contributed by atoms with van der Waals surface area (Å²) < 4.78 is 5.42. The number of ether oxygens (including phenoxy) is 1. The fraction of sp³-hybridized carbons (Fsp3) is 0.364. The average molecular weight is 433 g/mol. The Labute approximate surface area is 180 Å². The first-order chi connectivity index (χ1) is 14.0. The average Bonchev–Trinajstić information content (AvgIpc) is 3.54. The molecule has 1 saturated carbocycles. The molecule has 0 N–H and O–H groups in total. The van der Waals surface area contributed by atoms with E-state index in [1.165, 1.54) is 0 Å². The predicted octanol–water partition coefficient (Wildman–Crippen LogP) is 4.83. The summed E-state index contributed by atoms with van der Waals surface area (Å²) in [6.45, 7) is 2.19. The number of carbonyl (C=O) groups excluding carboxylic acids is 2. The van der Waals surface area contributed by atoms with Crippen molar-refractivity contribution in [1.29, 1.82) is 0 Å². The number of amides is 2. The van der Waals surface area contributed by atoms with E-state index < -0.39 is 0 Å². The third kappa shape index (κ3) is 4.51. The third-order valence-corrected chi connectivity index (χ3v) is 6.34. The number of halogens is 2. The van der Waals surface area contributed by atoms with Crippen molar-refractivity contribution < 1.29 is 14.3 Å². The van der Waals surface area contributed by atoms with Gasteiger partial charge >= 0.3 is 6.09 Å². The predicted molar refractivity (Wildman–Crippen MR) is 113 cm³/mol. The number of benzene rings is 2. The van der Waals surface area contributed by atoms with Crippen LogP contribution in [0.4, 0.5) is 4.79 Å². The summed E-state index contributed by atoms with van der Waals surface area (Å²) in [6.07, 6.45) is 1.14. The standard InChI is InChI=1S/C22H22Cl2N2O3/c23-19-9-4-8-16(20(19)24)17-14-18(17)21(27)25-10-5-11-26(13-12-25)22(28)29-15-6-2-1-3-7-15/h1-4,6-9,17-18H,5,10-14H2/t17-,18+/m0/s1. The first-order valence-corrected chi connectivity index (χ1v) is 10.5. The molecule has 1 heterocycles. The minimum Gasteiger partial charge on any atom is -0.410 e. The van der Waals surface area contributed by atoms with E-state index in [0.717, 1.165) is 18.4 Å². The lowest BCUT2D eigenvalue weighted by Crippen LogP contribution is -2.39. The van der Waals surface area contributed by atoms with E-state index in [2.05, 4.69) is 0 Å². The highest BCUT2D eigenvalue weighted by Crippen LogP contribution is 2.51. The normalized spacial score (nSPS) is 21.4. The van der Waals surface area contributed by atoms with E-state index in [1.54, 1.807) is 23.1 Å². The lowest BCUT2D eigenvalue weighted by atomic mass is 10.1. The molecule has 7 heteroatoms. The number of carbonyl (C=O) groups is 2. The van der Waals surface area contributed by atoms with Gasteiger partial charge in [0.15, 0.2) is 0 Å². The summed E-state index contributed by atoms with van der Waals surface area (Å²) in [7, 11) is 0. The second kappa shape index (κ2) is 8.64. The molecule has 2 aliphatic rings. The van der Waals surface area contributed by atoms with Gasteiger partial charge < -0.3 is 14.5 Å². The molecule has 2 atom stereocenters. The molecule has 5 nitrogen and oxygen atoms in total. The van der Waals surface area contributed by atoms with Crippen molar-refractivity contribution >= 4 is 35.2 Å². The largest absolute Gasteiger partial charge is 0.415 e. The van der Waals surface area contributed by atoms with Crippen LogP contribution in [0.5, 0.6) is 5.75 Å². The number of hydrogen-bond acceptors (Lipinski definition) is 3. The van der Waals surface area contributed by atoms with Crippen LogP contribution in [0.3, 0.4) is 0 Å². The van der Waals surface area contributed by atoms with Gasteiger partial charge in [-0.25, -0.2) is 4.79 Å². The Morgan fingerprint density at radius 1 is 0.897 bits per heavy atom. The van der Waals surface area contributed by atoms with Crippen LogP contribution in [0, 0.1) is 5.92 Å². The van der Waals surface area contributed by atoms with E-state index in [-0.39, 0.29) is 23.8 Å². The Bertz CT molecular complexity index is 906. The zero-order valence-electron chi connectivity index (χ0n) is 15.9. The van der Waals surface area contributed by atoms with Crippen molar-refractivity contribution in [2.75, 3.05) is 26.2 Å². The fourth-order valence-electron chi connectivity index (χ4n) is 3.83. The van der Waals surface area contributed by atoms with Crippen molar-refractivity contribution in [3.63, 3.8) is 0 Å². The SMILES string of the molecule is O=C(Oc1ccccc1)N1CCCN(C(=O)[C@@H]2C[C@H]2c2cccc(Cl)c2Cl)CC1. The molecule has 0 spiro atoms. The highest BCUT2D eigenvalue weighted by Gasteiger charge is 2.47. The van der Waals surface area contributed by atoms with Crippen molar-refractivity contribution in [3.05, 3.63) is 64.1 Å². The molecule has 0 bridgehead atoms. The van der Waals surface area contributed by atoms with Crippen LogP contribution in [0.2, 0.25) is 10.0 Å². The minimum atomic E-state index is -0.375. The summed E-state index contributed by atoms with van der Waals surface area (Å²) in [4.78, 5) is 28.9. The van der Waals surface area contributed by atoms with E-state index in [4.69, 9.17) is 27.9 Å². The molecule has 0 radical (unpaired) electrons. The van der Waals surface area contributed by atoms with E-state index in [9.17, 15) is 9.59 Å². The van der Waals surface area contributed by atoms with Gasteiger partial charge in [-0.15, -0.1) is 0 Å². The Morgan fingerprint density at radius 2 is 1.62 bits per heavy atom. The molecule has 2 amide bonds. The van der Waals surface area contributed by atoms with Gasteiger partial charge in [-0.1, -0.05) is 53.5 Å². The maximum Gasteiger partial charge on any atom is 0.415 e. The van der Waals surface area contributed by atoms with E-state index >= 15 is 0 Å². The zero-order chi connectivity index (χ0) is 20.4. The monoisotopic (exact) mass is 432 g/mol. The molecule has 2 aromatic rings. The van der Waals surface area contributed by atoms with Crippen molar-refractivity contribution in [2.24, 2.45) is 5.92 Å². The van der Waals surface area contributed by atoms with Gasteiger partial charge in [0, 0.05) is 32.1 Å². The maximum absolute atomic E-state index is 13.0. The number of nitrogens with zero attached hydrogens (tertiary/aromatic N) is 2. The lowest BCUT2D eigenvalue weighted by molar-refractivity contribution is -0.132. The molecule has 1 saturated heterocycles. The molecule has 152 valence electrons. The van der Waals surface area contributed by atoms with Crippen LogP contribution in [0.15, 0.2) is 48.5 Å². The molecule has 2 fully saturated rings. The topological polar surface area (TPSA) is 49.9 Å². The lowest BCUT2D eigenvalue weighted by Gasteiger charge is -2.22. The van der Waals surface area contributed by atoms with E-state index in [1.807, 2.05) is 35.2 Å². The van der Waals surface area contributed by atoms with Crippen LogP contribution in [0.1, 0.15) is 24.3 Å². The zero-order valence-corrected chi connectivity index (χ0v) is 17.4. The van der Waals surface area contributed by atoms with Crippen LogP contribution < -0.4 is 4.74 Å². The quantitative estimate of drug-likeness (QED) is 0.697. The summed E-state index contributed by atoms with van der Waals surface area (Å²) in [5.41, 5.74) is 0.945. The van der Waals surface area contributed by atoms with Crippen LogP contribution >= 0.6 is 23.2 Å². The van der Waals surface area contributed by atoms with Gasteiger partial charge in [-0.3, -0.25) is 4.79 Å². The van der Waals surface area contributed by atoms with Crippen molar-refractivity contribution in [3.8, 4) is 5.75 Å². The Hall–Kier alpha value is -2.24. The molecule has 0 unspecified atom stereocenters. The van der Waals surface area contributed by atoms with Crippen molar-refractivity contribution in [2.45, 2.75) is 18.8 Å². The van der Waals surface area contributed by atoms with Crippen molar-refractivity contribution in [1.82, 2.24) is 9.80 Å². The van der Waals surface area contributed by atoms with Gasteiger partial charge in [0.2, 0.25) is 5.91 Å². The molecule has 2 aromatic carbocycles. The number of para-hydroxylation sites is 1. The number of hydrogen-bond donors (Lipinski definition) is 0. The first-order valence-electron chi connectivity index (χ1n) is 9.79.